The minimum absolute atomic E-state index is 0.0146. The fourth-order valence-corrected chi connectivity index (χ4v) is 1.49. The average molecular weight is 273 g/mol. The number of amides is 1. The van der Waals surface area contributed by atoms with E-state index in [-0.39, 0.29) is 23.7 Å². The van der Waals surface area contributed by atoms with Crippen molar-refractivity contribution in [2.45, 2.75) is 32.7 Å². The summed E-state index contributed by atoms with van der Waals surface area (Å²) in [4.78, 5) is 11.7. The maximum absolute atomic E-state index is 13.4. The van der Waals surface area contributed by atoms with Crippen molar-refractivity contribution in [3.8, 4) is 0 Å². The maximum Gasteiger partial charge on any atom is 0.239 e. The first-order valence-corrected chi connectivity index (χ1v) is 6.22. The van der Waals surface area contributed by atoms with Gasteiger partial charge in [-0.05, 0) is 38.5 Å². The van der Waals surface area contributed by atoms with Gasteiger partial charge >= 0.3 is 0 Å². The van der Waals surface area contributed by atoms with Gasteiger partial charge in [-0.1, -0.05) is 18.5 Å². The van der Waals surface area contributed by atoms with E-state index in [2.05, 4.69) is 10.6 Å². The van der Waals surface area contributed by atoms with Gasteiger partial charge in [0.15, 0.2) is 0 Å². The Morgan fingerprint density at radius 1 is 1.44 bits per heavy atom. The molecule has 0 radical (unpaired) electrons. The molecule has 0 heterocycles. The van der Waals surface area contributed by atoms with E-state index < -0.39 is 5.82 Å². The molecule has 100 valence electrons. The Labute approximate surface area is 112 Å². The van der Waals surface area contributed by atoms with Crippen LogP contribution in [0, 0.1) is 5.82 Å². The molecule has 0 unspecified atom stereocenters. The van der Waals surface area contributed by atoms with Gasteiger partial charge in [0.2, 0.25) is 5.91 Å². The Kier molecular flexibility index (Phi) is 4.96. The molecule has 0 saturated carbocycles. The molecule has 0 aliphatic heterocycles. The molecule has 0 bridgehead atoms. The molecule has 2 N–H and O–H groups in total. The van der Waals surface area contributed by atoms with Gasteiger partial charge in [0, 0.05) is 10.6 Å². The summed E-state index contributed by atoms with van der Waals surface area (Å²) >= 11 is 5.75. The van der Waals surface area contributed by atoms with Crippen molar-refractivity contribution >= 4 is 23.2 Å². The smallest absolute Gasteiger partial charge is 0.239 e. The van der Waals surface area contributed by atoms with E-state index in [4.69, 9.17) is 11.6 Å². The second-order valence-electron chi connectivity index (χ2n) is 4.76. The molecule has 0 atom stereocenters. The van der Waals surface area contributed by atoms with Crippen molar-refractivity contribution in [2.75, 3.05) is 11.9 Å². The molecule has 3 nitrogen and oxygen atoms in total. The Morgan fingerprint density at radius 2 is 2.11 bits per heavy atom. The highest BCUT2D eigenvalue weighted by molar-refractivity contribution is 6.30. The van der Waals surface area contributed by atoms with Crippen LogP contribution in [-0.2, 0) is 4.79 Å². The summed E-state index contributed by atoms with van der Waals surface area (Å²) in [6.45, 7) is 5.88. The standard InChI is InChI=1S/C13H18ClFN2O/c1-4-13(2,3)17-12(18)8-16-11-7-9(14)5-6-10(11)15/h5-7,16H,4,8H2,1-3H3,(H,17,18). The average Bonchev–Trinajstić information content (AvgIpc) is 2.30. The highest BCUT2D eigenvalue weighted by Gasteiger charge is 2.17. The minimum Gasteiger partial charge on any atom is -0.374 e. The molecule has 18 heavy (non-hydrogen) atoms. The van der Waals surface area contributed by atoms with Gasteiger partial charge in [-0.3, -0.25) is 4.79 Å². The summed E-state index contributed by atoms with van der Waals surface area (Å²) in [7, 11) is 0. The number of benzene rings is 1. The topological polar surface area (TPSA) is 41.1 Å². The Hall–Kier alpha value is -1.29. The van der Waals surface area contributed by atoms with Crippen LogP contribution in [-0.4, -0.2) is 18.0 Å². The van der Waals surface area contributed by atoms with E-state index in [1.54, 1.807) is 0 Å². The van der Waals surface area contributed by atoms with Crippen molar-refractivity contribution in [3.05, 3.63) is 29.0 Å². The van der Waals surface area contributed by atoms with Crippen LogP contribution in [0.2, 0.25) is 5.02 Å². The fraction of sp³-hybridized carbons (Fsp3) is 0.462. The van der Waals surface area contributed by atoms with Crippen LogP contribution >= 0.6 is 11.6 Å². The van der Waals surface area contributed by atoms with Crippen LogP contribution in [0.1, 0.15) is 27.2 Å². The quantitative estimate of drug-likeness (QED) is 0.864. The van der Waals surface area contributed by atoms with Gasteiger partial charge in [0.05, 0.1) is 12.2 Å². The molecule has 1 aromatic rings. The van der Waals surface area contributed by atoms with Crippen molar-refractivity contribution in [3.63, 3.8) is 0 Å². The van der Waals surface area contributed by atoms with Crippen LogP contribution in [0.4, 0.5) is 10.1 Å². The molecule has 5 heteroatoms. The van der Waals surface area contributed by atoms with E-state index in [0.29, 0.717) is 5.02 Å². The first-order chi connectivity index (χ1) is 8.34. The van der Waals surface area contributed by atoms with E-state index in [9.17, 15) is 9.18 Å². The molecule has 1 aromatic carbocycles. The summed E-state index contributed by atoms with van der Waals surface area (Å²) in [6, 6.07) is 4.18. The van der Waals surface area contributed by atoms with E-state index in [0.717, 1.165) is 6.42 Å². The highest BCUT2D eigenvalue weighted by atomic mass is 35.5. The van der Waals surface area contributed by atoms with E-state index in [1.165, 1.54) is 18.2 Å². The van der Waals surface area contributed by atoms with Crippen LogP contribution < -0.4 is 10.6 Å². The Morgan fingerprint density at radius 3 is 2.72 bits per heavy atom. The summed E-state index contributed by atoms with van der Waals surface area (Å²) in [5.74, 6) is -0.608. The molecule has 0 spiro atoms. The maximum atomic E-state index is 13.4. The third-order valence-electron chi connectivity index (χ3n) is 2.73. The first kappa shape index (κ1) is 14.8. The second kappa shape index (κ2) is 6.05. The number of rotatable bonds is 5. The lowest BCUT2D eigenvalue weighted by atomic mass is 10.0. The SMILES string of the molecule is CCC(C)(C)NC(=O)CNc1cc(Cl)ccc1F. The van der Waals surface area contributed by atoms with E-state index in [1.807, 2.05) is 20.8 Å². The van der Waals surface area contributed by atoms with Crippen molar-refractivity contribution in [1.29, 1.82) is 0 Å². The molecule has 1 rings (SSSR count). The monoisotopic (exact) mass is 272 g/mol. The zero-order chi connectivity index (χ0) is 13.8. The zero-order valence-electron chi connectivity index (χ0n) is 10.8. The molecule has 0 saturated heterocycles. The lowest BCUT2D eigenvalue weighted by Crippen LogP contribution is -2.45. The molecular weight excluding hydrogens is 255 g/mol. The fourth-order valence-electron chi connectivity index (χ4n) is 1.32. The van der Waals surface area contributed by atoms with Crippen LogP contribution in [0.3, 0.4) is 0 Å². The first-order valence-electron chi connectivity index (χ1n) is 5.84. The van der Waals surface area contributed by atoms with Gasteiger partial charge in [-0.2, -0.15) is 0 Å². The third-order valence-corrected chi connectivity index (χ3v) is 2.96. The van der Waals surface area contributed by atoms with Gasteiger partial charge < -0.3 is 10.6 Å². The van der Waals surface area contributed by atoms with Gasteiger partial charge in [0.1, 0.15) is 5.82 Å². The molecule has 1 amide bonds. The predicted octanol–water partition coefficient (Wildman–Crippen LogP) is 3.20. The second-order valence-corrected chi connectivity index (χ2v) is 5.20. The van der Waals surface area contributed by atoms with Gasteiger partial charge in [-0.25, -0.2) is 4.39 Å². The molecule has 0 aliphatic carbocycles. The normalized spacial score (nSPS) is 11.2. The number of anilines is 1. The molecule has 0 fully saturated rings. The van der Waals surface area contributed by atoms with Crippen LogP contribution in [0.15, 0.2) is 18.2 Å². The Balaban J connectivity index is 2.55. The van der Waals surface area contributed by atoms with Crippen molar-refractivity contribution in [1.82, 2.24) is 5.32 Å². The lowest BCUT2D eigenvalue weighted by Gasteiger charge is -2.24. The van der Waals surface area contributed by atoms with Gasteiger partial charge in [0.25, 0.3) is 0 Å². The number of halogens is 2. The van der Waals surface area contributed by atoms with Crippen molar-refractivity contribution < 1.29 is 9.18 Å². The summed E-state index contributed by atoms with van der Waals surface area (Å²) < 4.78 is 13.4. The third kappa shape index (κ3) is 4.53. The number of nitrogens with one attached hydrogen (secondary N) is 2. The van der Waals surface area contributed by atoms with Crippen molar-refractivity contribution in [2.24, 2.45) is 0 Å². The number of hydrogen-bond donors (Lipinski definition) is 2. The largest absolute Gasteiger partial charge is 0.374 e. The van der Waals surface area contributed by atoms with E-state index >= 15 is 0 Å². The number of carbonyl (C=O) groups excluding carboxylic acids is 1. The predicted molar refractivity (Wildman–Crippen MR) is 72.4 cm³/mol. The molecular formula is C13H18ClFN2O. The molecule has 0 aromatic heterocycles. The lowest BCUT2D eigenvalue weighted by molar-refractivity contribution is -0.121. The summed E-state index contributed by atoms with van der Waals surface area (Å²) in [5.41, 5.74) is -0.0296. The highest BCUT2D eigenvalue weighted by Crippen LogP contribution is 2.19. The Bertz CT molecular complexity index is 435. The van der Waals surface area contributed by atoms with Crippen LogP contribution in [0.25, 0.3) is 0 Å². The van der Waals surface area contributed by atoms with Gasteiger partial charge in [-0.15, -0.1) is 0 Å². The van der Waals surface area contributed by atoms with Crippen LogP contribution in [0.5, 0.6) is 0 Å². The summed E-state index contributed by atoms with van der Waals surface area (Å²) in [6.07, 6.45) is 0.824. The zero-order valence-corrected chi connectivity index (χ0v) is 11.6. The molecule has 0 aliphatic rings. The number of hydrogen-bond acceptors (Lipinski definition) is 2. The summed E-state index contributed by atoms with van der Waals surface area (Å²) in [5, 5.41) is 6.01. The number of carbonyl (C=O) groups is 1. The minimum atomic E-state index is -0.429.